The SMILES string of the molecule is C1=CC(c2cccc3c2Oc2cccc(-c4cccc5c4c4ccccc4n5-c4ccccc4)c2-c2ccccc2Oc2ccccc2-3)=CCC1. The van der Waals surface area contributed by atoms with Gasteiger partial charge >= 0.3 is 0 Å². The highest BCUT2D eigenvalue weighted by Crippen LogP contribution is 2.52. The third-order valence-electron chi connectivity index (χ3n) is 10.1. The Balaban J connectivity index is 1.29. The molecule has 0 saturated heterocycles. The average molecular weight is 656 g/mol. The Morgan fingerprint density at radius 1 is 0.431 bits per heavy atom. The van der Waals surface area contributed by atoms with Crippen LogP contribution >= 0.6 is 0 Å². The van der Waals surface area contributed by atoms with Gasteiger partial charge in [0, 0.05) is 44.3 Å². The molecule has 2 heterocycles. The lowest BCUT2D eigenvalue weighted by Crippen LogP contribution is -2.01. The molecular formula is C48H33NO2. The number of rotatable bonds is 3. The molecule has 0 spiro atoms. The maximum absolute atomic E-state index is 7.32. The van der Waals surface area contributed by atoms with Gasteiger partial charge in [-0.2, -0.15) is 0 Å². The molecule has 0 atom stereocenters. The molecule has 0 bridgehead atoms. The van der Waals surface area contributed by atoms with Crippen molar-refractivity contribution in [2.45, 2.75) is 12.8 Å². The second-order valence-corrected chi connectivity index (χ2v) is 13.1. The maximum Gasteiger partial charge on any atom is 0.143 e. The van der Waals surface area contributed by atoms with Gasteiger partial charge in [-0.15, -0.1) is 0 Å². The number of nitrogens with zero attached hydrogens (tertiary/aromatic N) is 1. The second-order valence-electron chi connectivity index (χ2n) is 13.1. The monoisotopic (exact) mass is 655 g/mol. The lowest BCUT2D eigenvalue weighted by molar-refractivity contribution is 0.472. The normalized spacial score (nSPS) is 13.3. The number of hydrogen-bond acceptors (Lipinski definition) is 2. The van der Waals surface area contributed by atoms with Gasteiger partial charge in [0.05, 0.1) is 11.0 Å². The van der Waals surface area contributed by atoms with Crippen LogP contribution in [0.4, 0.5) is 0 Å². The molecule has 3 heteroatoms. The molecule has 51 heavy (non-hydrogen) atoms. The molecule has 10 rings (SSSR count). The van der Waals surface area contributed by atoms with Gasteiger partial charge in [-0.3, -0.25) is 0 Å². The quantitative estimate of drug-likeness (QED) is 0.189. The smallest absolute Gasteiger partial charge is 0.143 e. The minimum atomic E-state index is 0.777. The van der Waals surface area contributed by atoms with E-state index in [0.717, 1.165) is 86.0 Å². The number of ether oxygens (including phenoxy) is 2. The topological polar surface area (TPSA) is 23.4 Å². The predicted octanol–water partition coefficient (Wildman–Crippen LogP) is 13.4. The molecule has 1 aliphatic carbocycles. The molecule has 8 aromatic rings. The third kappa shape index (κ3) is 4.81. The molecule has 7 aromatic carbocycles. The van der Waals surface area contributed by atoms with Crippen LogP contribution in [-0.2, 0) is 0 Å². The van der Waals surface area contributed by atoms with Gasteiger partial charge in [-0.05, 0) is 72.0 Å². The predicted molar refractivity (Wildman–Crippen MR) is 210 cm³/mol. The summed E-state index contributed by atoms with van der Waals surface area (Å²) < 4.78 is 16.6. The first-order chi connectivity index (χ1) is 25.3. The van der Waals surface area contributed by atoms with E-state index < -0.39 is 0 Å². The van der Waals surface area contributed by atoms with Crippen LogP contribution in [0.1, 0.15) is 18.4 Å². The summed E-state index contributed by atoms with van der Waals surface area (Å²) in [5.74, 6) is 3.16. The summed E-state index contributed by atoms with van der Waals surface area (Å²) in [6.07, 6.45) is 8.84. The molecule has 3 nitrogen and oxygen atoms in total. The molecule has 0 fully saturated rings. The van der Waals surface area contributed by atoms with Crippen LogP contribution in [0.15, 0.2) is 176 Å². The van der Waals surface area contributed by atoms with Crippen molar-refractivity contribution in [3.8, 4) is 62.1 Å². The van der Waals surface area contributed by atoms with E-state index in [-0.39, 0.29) is 0 Å². The lowest BCUT2D eigenvalue weighted by atomic mass is 9.90. The van der Waals surface area contributed by atoms with Crippen LogP contribution in [0.5, 0.6) is 23.0 Å². The van der Waals surface area contributed by atoms with E-state index in [9.17, 15) is 0 Å². The third-order valence-corrected chi connectivity index (χ3v) is 10.1. The molecule has 0 saturated carbocycles. The lowest BCUT2D eigenvalue weighted by Gasteiger charge is -2.25. The summed E-state index contributed by atoms with van der Waals surface area (Å²) in [6.45, 7) is 0. The van der Waals surface area contributed by atoms with Gasteiger partial charge in [0.15, 0.2) is 0 Å². The van der Waals surface area contributed by atoms with Crippen molar-refractivity contribution in [2.24, 2.45) is 0 Å². The minimum Gasteiger partial charge on any atom is -0.456 e. The average Bonchev–Trinajstić information content (AvgIpc) is 3.54. The van der Waals surface area contributed by atoms with Crippen molar-refractivity contribution in [1.82, 2.24) is 4.57 Å². The number of benzene rings is 7. The van der Waals surface area contributed by atoms with E-state index in [1.807, 2.05) is 12.1 Å². The van der Waals surface area contributed by atoms with E-state index in [4.69, 9.17) is 9.47 Å². The van der Waals surface area contributed by atoms with E-state index in [1.54, 1.807) is 0 Å². The Hall–Kier alpha value is -6.58. The van der Waals surface area contributed by atoms with Crippen molar-refractivity contribution < 1.29 is 9.47 Å². The summed E-state index contributed by atoms with van der Waals surface area (Å²) >= 11 is 0. The molecule has 242 valence electrons. The van der Waals surface area contributed by atoms with Crippen LogP contribution in [-0.4, -0.2) is 4.57 Å². The van der Waals surface area contributed by atoms with E-state index in [2.05, 4.69) is 168 Å². The number of allylic oxidation sites excluding steroid dienone is 4. The second kappa shape index (κ2) is 12.1. The number of aromatic nitrogens is 1. The Bertz CT molecular complexity index is 2700. The van der Waals surface area contributed by atoms with Gasteiger partial charge in [0.1, 0.15) is 23.0 Å². The summed E-state index contributed by atoms with van der Waals surface area (Å²) in [6, 6.07) is 55.5. The summed E-state index contributed by atoms with van der Waals surface area (Å²) in [5.41, 5.74) is 11.9. The highest BCUT2D eigenvalue weighted by atomic mass is 16.5. The first kappa shape index (κ1) is 29.3. The Morgan fingerprint density at radius 3 is 1.92 bits per heavy atom. The fourth-order valence-corrected chi connectivity index (χ4v) is 7.89. The van der Waals surface area contributed by atoms with Crippen LogP contribution < -0.4 is 9.47 Å². The summed E-state index contributed by atoms with van der Waals surface area (Å²) in [7, 11) is 0. The van der Waals surface area contributed by atoms with E-state index >= 15 is 0 Å². The van der Waals surface area contributed by atoms with Crippen LogP contribution in [0, 0.1) is 0 Å². The Labute approximate surface area is 297 Å². The van der Waals surface area contributed by atoms with Gasteiger partial charge in [0.25, 0.3) is 0 Å². The fourth-order valence-electron chi connectivity index (χ4n) is 7.89. The molecule has 0 radical (unpaired) electrons. The first-order valence-corrected chi connectivity index (χ1v) is 17.6. The molecule has 1 aromatic heterocycles. The van der Waals surface area contributed by atoms with Crippen molar-refractivity contribution in [2.75, 3.05) is 0 Å². The zero-order valence-corrected chi connectivity index (χ0v) is 27.9. The summed E-state index contributed by atoms with van der Waals surface area (Å²) in [5, 5.41) is 2.40. The molecular weight excluding hydrogens is 623 g/mol. The van der Waals surface area contributed by atoms with E-state index in [0.29, 0.717) is 0 Å². The summed E-state index contributed by atoms with van der Waals surface area (Å²) in [4.78, 5) is 0. The molecule has 0 amide bonds. The highest BCUT2D eigenvalue weighted by molar-refractivity contribution is 6.17. The van der Waals surface area contributed by atoms with Crippen LogP contribution in [0.25, 0.3) is 66.4 Å². The number of fused-ring (bicyclic) bond motifs is 9. The Morgan fingerprint density at radius 2 is 1.06 bits per heavy atom. The van der Waals surface area contributed by atoms with Crippen LogP contribution in [0.2, 0.25) is 0 Å². The van der Waals surface area contributed by atoms with Crippen molar-refractivity contribution in [3.63, 3.8) is 0 Å². The molecule has 0 N–H and O–H groups in total. The van der Waals surface area contributed by atoms with Crippen LogP contribution in [0.3, 0.4) is 0 Å². The fraction of sp³-hybridized carbons (Fsp3) is 0.0417. The van der Waals surface area contributed by atoms with Crippen molar-refractivity contribution in [1.29, 1.82) is 0 Å². The standard InChI is InChI=1S/C48H33NO2/c1-3-16-32(17-4-1)34-23-13-26-38-35-20-8-11-29-43(35)50-44-30-12-9-22-40(44)47-37(25-15-31-45(47)51-48(34)38)36-24-14-28-42-46(36)39-21-7-10-27-41(39)49(42)33-18-5-2-6-19-33/h2-3,5-31H,1,4H2. The minimum absolute atomic E-state index is 0.777. The number of hydrogen-bond donors (Lipinski definition) is 0. The van der Waals surface area contributed by atoms with Gasteiger partial charge < -0.3 is 14.0 Å². The highest BCUT2D eigenvalue weighted by Gasteiger charge is 2.26. The van der Waals surface area contributed by atoms with Gasteiger partial charge in [-0.1, -0.05) is 133 Å². The van der Waals surface area contributed by atoms with E-state index in [1.165, 1.54) is 21.9 Å². The number of para-hydroxylation sites is 5. The van der Waals surface area contributed by atoms with Gasteiger partial charge in [-0.25, -0.2) is 0 Å². The zero-order chi connectivity index (χ0) is 33.7. The molecule has 1 aliphatic heterocycles. The van der Waals surface area contributed by atoms with Crippen molar-refractivity contribution in [3.05, 3.63) is 182 Å². The molecule has 0 unspecified atom stereocenters. The zero-order valence-electron chi connectivity index (χ0n) is 27.9. The largest absolute Gasteiger partial charge is 0.456 e. The maximum atomic E-state index is 7.32. The molecule has 2 aliphatic rings. The van der Waals surface area contributed by atoms with Crippen molar-refractivity contribution >= 4 is 27.4 Å². The first-order valence-electron chi connectivity index (χ1n) is 17.6. The Kier molecular flexibility index (Phi) is 6.95. The van der Waals surface area contributed by atoms with Gasteiger partial charge in [0.2, 0.25) is 0 Å².